The quantitative estimate of drug-likeness (QED) is 0.429. The fraction of sp³-hybridized carbons (Fsp3) is 0.577. The minimum atomic E-state index is -1.14. The number of piperidine rings is 1. The lowest BCUT2D eigenvalue weighted by molar-refractivity contribution is -0.160. The number of carboxylic acids is 1. The molecule has 1 aliphatic heterocycles. The molecule has 0 unspecified atom stereocenters. The first-order chi connectivity index (χ1) is 15.9. The van der Waals surface area contributed by atoms with Crippen molar-refractivity contribution in [1.29, 1.82) is 0 Å². The predicted octanol–water partition coefficient (Wildman–Crippen LogP) is 5.79. The first kappa shape index (κ1) is 26.4. The topological polar surface area (TPSA) is 84.8 Å². The average molecular weight is 534 g/mol. The number of aryl methyl sites for hydroxylation is 1. The highest BCUT2D eigenvalue weighted by Crippen LogP contribution is 2.43. The van der Waals surface area contributed by atoms with Gasteiger partial charge in [0, 0.05) is 41.4 Å². The van der Waals surface area contributed by atoms with E-state index >= 15 is 0 Å². The van der Waals surface area contributed by atoms with Gasteiger partial charge in [0.05, 0.1) is 29.8 Å². The first-order valence-corrected chi connectivity index (χ1v) is 12.8. The van der Waals surface area contributed by atoms with Crippen LogP contribution in [0.15, 0.2) is 24.5 Å². The molecule has 0 saturated carbocycles. The molecule has 0 bridgehead atoms. The highest BCUT2D eigenvalue weighted by Gasteiger charge is 2.35. The molecule has 0 aromatic carbocycles. The molecular formula is C26H36BrN3O4. The molecule has 186 valence electrons. The van der Waals surface area contributed by atoms with Crippen molar-refractivity contribution in [1.82, 2.24) is 9.97 Å². The molecule has 2 aromatic rings. The summed E-state index contributed by atoms with van der Waals surface area (Å²) in [6, 6.07) is 3.78. The number of carbonyl (C=O) groups is 1. The maximum Gasteiger partial charge on any atom is 0.337 e. The van der Waals surface area contributed by atoms with Crippen molar-refractivity contribution >= 4 is 27.6 Å². The second kappa shape index (κ2) is 10.6. The Morgan fingerprint density at radius 2 is 1.88 bits per heavy atom. The second-order valence-electron chi connectivity index (χ2n) is 10.5. The zero-order chi connectivity index (χ0) is 25.1. The van der Waals surface area contributed by atoms with Crippen molar-refractivity contribution in [3.63, 3.8) is 0 Å². The van der Waals surface area contributed by atoms with E-state index in [0.29, 0.717) is 23.6 Å². The number of hydrogen-bond donors (Lipinski definition) is 1. The van der Waals surface area contributed by atoms with E-state index in [0.717, 1.165) is 48.2 Å². The van der Waals surface area contributed by atoms with Gasteiger partial charge in [-0.3, -0.25) is 9.97 Å². The molecule has 0 amide bonds. The number of rotatable bonds is 8. The van der Waals surface area contributed by atoms with Crippen LogP contribution in [-0.2, 0) is 9.53 Å². The molecule has 3 rings (SSSR count). The van der Waals surface area contributed by atoms with Gasteiger partial charge in [0.25, 0.3) is 0 Å². The Morgan fingerprint density at radius 3 is 2.41 bits per heavy atom. The van der Waals surface area contributed by atoms with Crippen molar-refractivity contribution in [2.45, 2.75) is 66.1 Å². The van der Waals surface area contributed by atoms with E-state index in [1.54, 1.807) is 12.4 Å². The van der Waals surface area contributed by atoms with E-state index in [1.165, 1.54) is 0 Å². The van der Waals surface area contributed by atoms with E-state index in [1.807, 2.05) is 39.8 Å². The Balaban J connectivity index is 2.16. The molecule has 3 heterocycles. The van der Waals surface area contributed by atoms with Gasteiger partial charge in [-0.15, -0.1) is 0 Å². The van der Waals surface area contributed by atoms with Gasteiger partial charge in [-0.2, -0.15) is 0 Å². The smallest absolute Gasteiger partial charge is 0.337 e. The molecule has 1 atom stereocenters. The number of aliphatic carboxylic acids is 1. The van der Waals surface area contributed by atoms with Crippen LogP contribution in [-0.4, -0.2) is 51.7 Å². The van der Waals surface area contributed by atoms with Crippen molar-refractivity contribution in [2.24, 2.45) is 5.41 Å². The molecule has 7 nitrogen and oxygen atoms in total. The molecule has 0 aliphatic carbocycles. The number of anilines is 1. The maximum atomic E-state index is 12.5. The number of hydrogen-bond acceptors (Lipinski definition) is 6. The first-order valence-electron chi connectivity index (χ1n) is 11.7. The highest BCUT2D eigenvalue weighted by atomic mass is 79.9. The van der Waals surface area contributed by atoms with Gasteiger partial charge in [-0.05, 0) is 58.1 Å². The molecule has 34 heavy (non-hydrogen) atoms. The van der Waals surface area contributed by atoms with E-state index in [9.17, 15) is 9.90 Å². The van der Waals surface area contributed by atoms with Crippen LogP contribution in [0.1, 0.15) is 64.8 Å². The molecule has 1 fully saturated rings. The highest BCUT2D eigenvalue weighted by molar-refractivity contribution is 9.09. The van der Waals surface area contributed by atoms with Crippen LogP contribution < -0.4 is 9.64 Å². The summed E-state index contributed by atoms with van der Waals surface area (Å²) in [5, 5.41) is 10.9. The molecule has 8 heteroatoms. The third-order valence-electron chi connectivity index (χ3n) is 6.04. The lowest BCUT2D eigenvalue weighted by atomic mass is 9.82. The minimum Gasteiger partial charge on any atom is -0.491 e. The number of alkyl halides is 1. The number of aromatic nitrogens is 2. The zero-order valence-corrected chi connectivity index (χ0v) is 22.6. The van der Waals surface area contributed by atoms with Crippen LogP contribution >= 0.6 is 15.9 Å². The summed E-state index contributed by atoms with van der Waals surface area (Å²) in [5.74, 6) is -0.341. The largest absolute Gasteiger partial charge is 0.491 e. The van der Waals surface area contributed by atoms with E-state index in [2.05, 4.69) is 44.6 Å². The fourth-order valence-corrected chi connectivity index (χ4v) is 4.32. The average Bonchev–Trinajstić information content (AvgIpc) is 2.76. The number of ether oxygens (including phenoxy) is 2. The van der Waals surface area contributed by atoms with Crippen molar-refractivity contribution in [3.8, 4) is 17.0 Å². The Labute approximate surface area is 211 Å². The number of carboxylic acid groups (broad SMARTS) is 1. The summed E-state index contributed by atoms with van der Waals surface area (Å²) in [6.07, 6.45) is 4.38. The van der Waals surface area contributed by atoms with Crippen LogP contribution in [0.25, 0.3) is 11.3 Å². The summed E-state index contributed by atoms with van der Waals surface area (Å²) in [7, 11) is 0. The Kier molecular flexibility index (Phi) is 8.24. The van der Waals surface area contributed by atoms with Gasteiger partial charge in [-0.1, -0.05) is 29.8 Å². The van der Waals surface area contributed by atoms with Gasteiger partial charge >= 0.3 is 5.97 Å². The SMILES string of the molecule is Cc1ncc(-c2ccc(OCCBr)cn2)c(N2CCC(C)(C)CC2)c1[C@H](OC(C)(C)C)C(=O)O. The fourth-order valence-electron chi connectivity index (χ4n) is 4.15. The lowest BCUT2D eigenvalue weighted by Crippen LogP contribution is -2.39. The van der Waals surface area contributed by atoms with Crippen LogP contribution in [0.5, 0.6) is 5.75 Å². The van der Waals surface area contributed by atoms with Crippen molar-refractivity contribution < 1.29 is 19.4 Å². The van der Waals surface area contributed by atoms with Gasteiger partial charge < -0.3 is 19.5 Å². The Bertz CT molecular complexity index is 992. The number of halogens is 1. The van der Waals surface area contributed by atoms with Crippen molar-refractivity contribution in [2.75, 3.05) is 29.9 Å². The molecule has 1 N–H and O–H groups in total. The third kappa shape index (κ3) is 6.48. The standard InChI is InChI=1S/C26H36BrN3O4/c1-17-21(23(24(31)32)34-25(2,3)4)22(30-12-9-26(5,6)10-13-30)19(16-28-17)20-8-7-18(15-29-20)33-14-11-27/h7-8,15-16,23H,9-14H2,1-6H3,(H,31,32)/t23-/m0/s1. The number of pyridine rings is 2. The predicted molar refractivity (Wildman–Crippen MR) is 138 cm³/mol. The molecule has 1 aliphatic rings. The van der Waals surface area contributed by atoms with E-state index in [-0.39, 0.29) is 5.41 Å². The second-order valence-corrected chi connectivity index (χ2v) is 11.3. The zero-order valence-electron chi connectivity index (χ0n) is 21.0. The summed E-state index contributed by atoms with van der Waals surface area (Å²) in [4.78, 5) is 24.0. The molecule has 0 spiro atoms. The molecular weight excluding hydrogens is 498 g/mol. The molecule has 0 radical (unpaired) electrons. The van der Waals surface area contributed by atoms with Crippen LogP contribution in [0, 0.1) is 12.3 Å². The van der Waals surface area contributed by atoms with Crippen LogP contribution in [0.2, 0.25) is 0 Å². The Hall–Kier alpha value is -2.19. The minimum absolute atomic E-state index is 0.250. The number of nitrogens with zero attached hydrogens (tertiary/aromatic N) is 3. The van der Waals surface area contributed by atoms with Gasteiger partial charge in [0.2, 0.25) is 0 Å². The summed E-state index contributed by atoms with van der Waals surface area (Å²) < 4.78 is 11.7. The van der Waals surface area contributed by atoms with Crippen molar-refractivity contribution in [3.05, 3.63) is 35.8 Å². The normalized spacial score (nSPS) is 16.9. The monoisotopic (exact) mass is 533 g/mol. The lowest BCUT2D eigenvalue weighted by Gasteiger charge is -2.40. The Morgan fingerprint density at radius 1 is 1.21 bits per heavy atom. The molecule has 2 aromatic heterocycles. The third-order valence-corrected chi connectivity index (χ3v) is 6.36. The van der Waals surface area contributed by atoms with Gasteiger partial charge in [0.15, 0.2) is 6.10 Å². The van der Waals surface area contributed by atoms with Crippen LogP contribution in [0.4, 0.5) is 5.69 Å². The maximum absolute atomic E-state index is 12.5. The van der Waals surface area contributed by atoms with Gasteiger partial charge in [-0.25, -0.2) is 4.79 Å². The van der Waals surface area contributed by atoms with Crippen LogP contribution in [0.3, 0.4) is 0 Å². The van der Waals surface area contributed by atoms with E-state index in [4.69, 9.17) is 9.47 Å². The van der Waals surface area contributed by atoms with Gasteiger partial charge in [0.1, 0.15) is 5.75 Å². The summed E-state index contributed by atoms with van der Waals surface area (Å²) in [6.45, 7) is 14.2. The van der Waals surface area contributed by atoms with E-state index < -0.39 is 17.7 Å². The summed E-state index contributed by atoms with van der Waals surface area (Å²) >= 11 is 3.36. The summed E-state index contributed by atoms with van der Waals surface area (Å²) in [5.41, 5.74) is 3.23. The molecule has 1 saturated heterocycles.